The molecule has 1 aromatic heterocycles. The summed E-state index contributed by atoms with van der Waals surface area (Å²) in [6.45, 7) is 2.96. The summed E-state index contributed by atoms with van der Waals surface area (Å²) in [6, 6.07) is 4.09. The fourth-order valence-electron chi connectivity index (χ4n) is 1.78. The van der Waals surface area contributed by atoms with Crippen LogP contribution in [0.4, 0.5) is 0 Å². The summed E-state index contributed by atoms with van der Waals surface area (Å²) in [5, 5.41) is 7.49. The van der Waals surface area contributed by atoms with Gasteiger partial charge in [-0.05, 0) is 37.6 Å². The van der Waals surface area contributed by atoms with Crippen molar-refractivity contribution in [3.63, 3.8) is 0 Å². The lowest BCUT2D eigenvalue weighted by Crippen LogP contribution is -2.42. The Labute approximate surface area is 97.0 Å². The van der Waals surface area contributed by atoms with Gasteiger partial charge < -0.3 is 5.73 Å². The Hall–Kier alpha value is -1.42. The molecule has 0 bridgehead atoms. The fourth-order valence-corrected chi connectivity index (χ4v) is 1.78. The van der Waals surface area contributed by atoms with Gasteiger partial charge in [0, 0.05) is 18.9 Å². The summed E-state index contributed by atoms with van der Waals surface area (Å²) in [5.41, 5.74) is 6.81. The number of hydrogen-bond acceptors (Lipinski definition) is 3. The summed E-state index contributed by atoms with van der Waals surface area (Å²) in [4.78, 5) is 6.11. The lowest BCUT2D eigenvalue weighted by molar-refractivity contribution is 0.292. The van der Waals surface area contributed by atoms with Gasteiger partial charge in [-0.15, -0.1) is 0 Å². The van der Waals surface area contributed by atoms with Crippen molar-refractivity contribution in [2.24, 2.45) is 5.73 Å². The van der Waals surface area contributed by atoms with Crippen LogP contribution in [0.25, 0.3) is 0 Å². The normalized spacial score (nSPS) is 12.7. The second kappa shape index (κ2) is 6.23. The van der Waals surface area contributed by atoms with E-state index in [1.54, 1.807) is 12.4 Å². The molecule has 4 nitrogen and oxygen atoms in total. The van der Waals surface area contributed by atoms with Crippen LogP contribution >= 0.6 is 0 Å². The van der Waals surface area contributed by atoms with Gasteiger partial charge in [-0.2, -0.15) is 0 Å². The summed E-state index contributed by atoms with van der Waals surface area (Å²) in [6.07, 6.45) is 5.44. The van der Waals surface area contributed by atoms with Gasteiger partial charge in [0.15, 0.2) is 0 Å². The lowest BCUT2D eigenvalue weighted by atomic mass is 10.1. The Bertz CT molecular complexity index is 323. The third-order valence-corrected chi connectivity index (χ3v) is 2.78. The molecule has 0 saturated heterocycles. The molecule has 16 heavy (non-hydrogen) atoms. The van der Waals surface area contributed by atoms with E-state index < -0.39 is 0 Å². The molecule has 1 unspecified atom stereocenters. The molecule has 1 aromatic rings. The van der Waals surface area contributed by atoms with Gasteiger partial charge >= 0.3 is 0 Å². The van der Waals surface area contributed by atoms with E-state index in [-0.39, 0.29) is 11.9 Å². The molecular weight excluding hydrogens is 200 g/mol. The van der Waals surface area contributed by atoms with E-state index in [9.17, 15) is 0 Å². The van der Waals surface area contributed by atoms with Crippen molar-refractivity contribution in [3.8, 4) is 0 Å². The SMILES string of the molecule is CCC(C(=N)N)N(C)CCc1ccncc1. The van der Waals surface area contributed by atoms with Gasteiger partial charge in [-0.1, -0.05) is 6.92 Å². The minimum absolute atomic E-state index is 0.0573. The maximum Gasteiger partial charge on any atom is 0.108 e. The van der Waals surface area contributed by atoms with Crippen LogP contribution in [0.1, 0.15) is 18.9 Å². The number of amidine groups is 1. The highest BCUT2D eigenvalue weighted by Crippen LogP contribution is 2.04. The van der Waals surface area contributed by atoms with Gasteiger partial charge in [0.25, 0.3) is 0 Å². The molecule has 0 aliphatic rings. The van der Waals surface area contributed by atoms with Crippen molar-refractivity contribution < 1.29 is 0 Å². The number of pyridine rings is 1. The standard InChI is InChI=1S/C12H20N4/c1-3-11(12(13)14)16(2)9-6-10-4-7-15-8-5-10/h4-5,7-8,11H,3,6,9H2,1-2H3,(H3,13,14). The quantitative estimate of drug-likeness (QED) is 0.560. The van der Waals surface area contributed by atoms with Gasteiger partial charge in [0.1, 0.15) is 5.84 Å². The number of nitrogens with zero attached hydrogens (tertiary/aromatic N) is 2. The van der Waals surface area contributed by atoms with E-state index in [4.69, 9.17) is 11.1 Å². The summed E-state index contributed by atoms with van der Waals surface area (Å²) < 4.78 is 0. The number of likely N-dealkylation sites (N-methyl/N-ethyl adjacent to an activating group) is 1. The molecule has 1 rings (SSSR count). The first-order chi connectivity index (χ1) is 7.65. The highest BCUT2D eigenvalue weighted by atomic mass is 15.1. The van der Waals surface area contributed by atoms with Gasteiger partial charge in [-0.25, -0.2) is 0 Å². The van der Waals surface area contributed by atoms with E-state index in [1.807, 2.05) is 19.2 Å². The van der Waals surface area contributed by atoms with Crippen molar-refractivity contribution in [3.05, 3.63) is 30.1 Å². The Morgan fingerprint density at radius 1 is 1.50 bits per heavy atom. The Morgan fingerprint density at radius 2 is 2.12 bits per heavy atom. The number of rotatable bonds is 6. The van der Waals surface area contributed by atoms with E-state index in [0.717, 1.165) is 19.4 Å². The first-order valence-corrected chi connectivity index (χ1v) is 5.58. The maximum absolute atomic E-state index is 7.49. The van der Waals surface area contributed by atoms with E-state index in [0.29, 0.717) is 0 Å². The molecule has 1 atom stereocenters. The second-order valence-corrected chi connectivity index (χ2v) is 3.97. The highest BCUT2D eigenvalue weighted by Gasteiger charge is 2.14. The van der Waals surface area contributed by atoms with Gasteiger partial charge in [0.05, 0.1) is 6.04 Å². The predicted octanol–water partition coefficient (Wildman–Crippen LogP) is 1.27. The summed E-state index contributed by atoms with van der Waals surface area (Å²) >= 11 is 0. The second-order valence-electron chi connectivity index (χ2n) is 3.97. The number of nitrogens with one attached hydrogen (secondary N) is 1. The van der Waals surface area contributed by atoms with Gasteiger partial charge in [0.2, 0.25) is 0 Å². The van der Waals surface area contributed by atoms with Crippen molar-refractivity contribution in [1.82, 2.24) is 9.88 Å². The molecule has 0 fully saturated rings. The maximum atomic E-state index is 7.49. The lowest BCUT2D eigenvalue weighted by Gasteiger charge is -2.25. The Kier molecular flexibility index (Phi) is 4.92. The molecule has 3 N–H and O–H groups in total. The molecule has 0 aromatic carbocycles. The van der Waals surface area contributed by atoms with Crippen LogP contribution in [0.15, 0.2) is 24.5 Å². The molecule has 0 amide bonds. The average molecular weight is 220 g/mol. The molecule has 0 radical (unpaired) electrons. The van der Waals surface area contributed by atoms with E-state index >= 15 is 0 Å². The van der Waals surface area contributed by atoms with Crippen molar-refractivity contribution in [1.29, 1.82) is 5.41 Å². The monoisotopic (exact) mass is 220 g/mol. The van der Waals surface area contributed by atoms with Crippen LogP contribution in [-0.2, 0) is 6.42 Å². The zero-order chi connectivity index (χ0) is 12.0. The topological polar surface area (TPSA) is 66.0 Å². The predicted molar refractivity (Wildman–Crippen MR) is 66.6 cm³/mol. The van der Waals surface area contributed by atoms with Crippen molar-refractivity contribution in [2.75, 3.05) is 13.6 Å². The van der Waals surface area contributed by atoms with E-state index in [1.165, 1.54) is 5.56 Å². The number of aromatic nitrogens is 1. The largest absolute Gasteiger partial charge is 0.386 e. The zero-order valence-electron chi connectivity index (χ0n) is 9.98. The first kappa shape index (κ1) is 12.6. The first-order valence-electron chi connectivity index (χ1n) is 5.58. The summed E-state index contributed by atoms with van der Waals surface area (Å²) in [5.74, 6) is 0.250. The van der Waals surface area contributed by atoms with E-state index in [2.05, 4.69) is 16.8 Å². The Balaban J connectivity index is 2.46. The Morgan fingerprint density at radius 3 is 2.62 bits per heavy atom. The third kappa shape index (κ3) is 3.62. The molecule has 88 valence electrons. The molecular formula is C12H20N4. The zero-order valence-corrected chi connectivity index (χ0v) is 9.98. The molecule has 0 aliphatic carbocycles. The highest BCUT2D eigenvalue weighted by molar-refractivity contribution is 5.82. The minimum atomic E-state index is 0.0573. The van der Waals surface area contributed by atoms with Crippen LogP contribution in [0.5, 0.6) is 0 Å². The van der Waals surface area contributed by atoms with Crippen molar-refractivity contribution >= 4 is 5.84 Å². The van der Waals surface area contributed by atoms with Crippen LogP contribution in [0.3, 0.4) is 0 Å². The smallest absolute Gasteiger partial charge is 0.108 e. The van der Waals surface area contributed by atoms with Crippen LogP contribution in [0.2, 0.25) is 0 Å². The van der Waals surface area contributed by atoms with Crippen LogP contribution < -0.4 is 5.73 Å². The average Bonchev–Trinajstić information content (AvgIpc) is 2.28. The molecule has 4 heteroatoms. The molecule has 0 aliphatic heterocycles. The number of nitrogens with two attached hydrogens (primary N) is 1. The van der Waals surface area contributed by atoms with Crippen molar-refractivity contribution in [2.45, 2.75) is 25.8 Å². The third-order valence-electron chi connectivity index (χ3n) is 2.78. The van der Waals surface area contributed by atoms with Crippen LogP contribution in [-0.4, -0.2) is 35.4 Å². The van der Waals surface area contributed by atoms with Crippen LogP contribution in [0, 0.1) is 5.41 Å². The number of hydrogen-bond donors (Lipinski definition) is 2. The fraction of sp³-hybridized carbons (Fsp3) is 0.500. The molecule has 0 saturated carbocycles. The summed E-state index contributed by atoms with van der Waals surface area (Å²) in [7, 11) is 2.01. The molecule has 1 heterocycles. The van der Waals surface area contributed by atoms with Gasteiger partial charge in [-0.3, -0.25) is 15.3 Å². The minimum Gasteiger partial charge on any atom is -0.386 e. The molecule has 0 spiro atoms.